The van der Waals surface area contributed by atoms with Gasteiger partial charge in [0.2, 0.25) is 0 Å². The van der Waals surface area contributed by atoms with E-state index in [1.807, 2.05) is 0 Å². The van der Waals surface area contributed by atoms with Gasteiger partial charge in [-0.2, -0.15) is 0 Å². The van der Waals surface area contributed by atoms with Gasteiger partial charge in [-0.1, -0.05) is 243 Å². The summed E-state index contributed by atoms with van der Waals surface area (Å²) in [6, 6.07) is 124. The van der Waals surface area contributed by atoms with E-state index in [0.717, 1.165) is 11.4 Å². The van der Waals surface area contributed by atoms with Crippen molar-refractivity contribution < 1.29 is 0 Å². The fraction of sp³-hybridized carbons (Fsp3) is 0. The van der Waals surface area contributed by atoms with Crippen LogP contribution in [0.25, 0.3) is 155 Å². The van der Waals surface area contributed by atoms with Crippen LogP contribution < -0.4 is 0 Å². The lowest BCUT2D eigenvalue weighted by molar-refractivity contribution is 1.18. The molecule has 16 aromatic rings. The first-order chi connectivity index (χ1) is 42.6. The van der Waals surface area contributed by atoms with Gasteiger partial charge >= 0.3 is 0 Å². The maximum Gasteiger partial charge on any atom is 0.0547 e. The molecular formula is C84H56N2. The Labute approximate surface area is 501 Å². The Bertz CT molecular complexity index is 4730. The van der Waals surface area contributed by atoms with Crippen LogP contribution in [0.2, 0.25) is 0 Å². The molecule has 0 aliphatic rings. The van der Waals surface area contributed by atoms with E-state index < -0.39 is 0 Å². The lowest BCUT2D eigenvalue weighted by Gasteiger charge is -2.13. The van der Waals surface area contributed by atoms with Crippen molar-refractivity contribution in [3.63, 3.8) is 0 Å². The average molecular weight is 1090 g/mol. The molecule has 0 spiro atoms. The molecule has 0 aliphatic carbocycles. The van der Waals surface area contributed by atoms with Crippen LogP contribution in [-0.4, -0.2) is 9.13 Å². The highest BCUT2D eigenvalue weighted by atomic mass is 15.0. The van der Waals surface area contributed by atoms with Gasteiger partial charge in [-0.05, 0) is 197 Å². The minimum atomic E-state index is 1.12. The number of rotatable bonds is 11. The molecular weight excluding hydrogens is 1040 g/mol. The summed E-state index contributed by atoms with van der Waals surface area (Å²) in [6.45, 7) is 0. The second kappa shape index (κ2) is 21.5. The monoisotopic (exact) mass is 1090 g/mol. The fourth-order valence-electron chi connectivity index (χ4n) is 13.0. The van der Waals surface area contributed by atoms with Crippen LogP contribution in [0.1, 0.15) is 0 Å². The minimum Gasteiger partial charge on any atom is -0.309 e. The molecule has 0 aliphatic heterocycles. The molecule has 86 heavy (non-hydrogen) atoms. The van der Waals surface area contributed by atoms with E-state index in [9.17, 15) is 0 Å². The molecule has 16 rings (SSSR count). The zero-order valence-electron chi connectivity index (χ0n) is 47.2. The first-order valence-corrected chi connectivity index (χ1v) is 29.6. The highest BCUT2D eigenvalue weighted by Crippen LogP contribution is 2.41. The Morgan fingerprint density at radius 1 is 0.128 bits per heavy atom. The molecule has 0 atom stereocenters. The maximum absolute atomic E-state index is 2.43. The summed E-state index contributed by atoms with van der Waals surface area (Å²) in [5.74, 6) is 0. The first kappa shape index (κ1) is 50.4. The third-order valence-electron chi connectivity index (χ3n) is 17.3. The van der Waals surface area contributed by atoms with E-state index in [2.05, 4.69) is 349 Å². The highest BCUT2D eigenvalue weighted by molar-refractivity contribution is 6.11. The molecule has 0 radical (unpaired) electrons. The molecule has 402 valence electrons. The Hall–Kier alpha value is -11.3. The van der Waals surface area contributed by atoms with Gasteiger partial charge in [-0.25, -0.2) is 0 Å². The third kappa shape index (κ3) is 9.27. The van der Waals surface area contributed by atoms with Crippen LogP contribution in [0, 0.1) is 0 Å². The van der Waals surface area contributed by atoms with E-state index in [1.165, 1.54) is 144 Å². The van der Waals surface area contributed by atoms with Gasteiger partial charge in [0.1, 0.15) is 0 Å². The van der Waals surface area contributed by atoms with Crippen molar-refractivity contribution in [2.75, 3.05) is 0 Å². The lowest BCUT2D eigenvalue weighted by atomic mass is 9.92. The van der Waals surface area contributed by atoms with E-state index in [0.29, 0.717) is 0 Å². The Kier molecular flexibility index (Phi) is 12.6. The van der Waals surface area contributed by atoms with Gasteiger partial charge < -0.3 is 9.13 Å². The maximum atomic E-state index is 2.43. The molecule has 0 saturated heterocycles. The number of para-hydroxylation sites is 2. The zero-order chi connectivity index (χ0) is 56.9. The smallest absolute Gasteiger partial charge is 0.0547 e. The van der Waals surface area contributed by atoms with Crippen molar-refractivity contribution in [3.8, 4) is 112 Å². The fourth-order valence-corrected chi connectivity index (χ4v) is 13.0. The summed E-state index contributed by atoms with van der Waals surface area (Å²) in [4.78, 5) is 0. The van der Waals surface area contributed by atoms with Crippen LogP contribution in [0.15, 0.2) is 340 Å². The Morgan fingerprint density at radius 3 is 0.686 bits per heavy atom. The van der Waals surface area contributed by atoms with E-state index in [4.69, 9.17) is 0 Å². The van der Waals surface area contributed by atoms with E-state index >= 15 is 0 Å². The molecule has 0 fully saturated rings. The number of aromatic nitrogens is 2. The Morgan fingerprint density at radius 2 is 0.349 bits per heavy atom. The van der Waals surface area contributed by atoms with Crippen LogP contribution in [0.3, 0.4) is 0 Å². The summed E-state index contributed by atoms with van der Waals surface area (Å²) < 4.78 is 4.86. The number of hydrogen-bond donors (Lipinski definition) is 0. The summed E-state index contributed by atoms with van der Waals surface area (Å²) >= 11 is 0. The normalized spacial score (nSPS) is 11.5. The minimum absolute atomic E-state index is 1.12. The van der Waals surface area contributed by atoms with Gasteiger partial charge in [0.25, 0.3) is 0 Å². The first-order valence-electron chi connectivity index (χ1n) is 29.6. The predicted molar refractivity (Wildman–Crippen MR) is 364 cm³/mol. The molecule has 2 nitrogen and oxygen atoms in total. The molecule has 2 heterocycles. The zero-order valence-corrected chi connectivity index (χ0v) is 47.2. The van der Waals surface area contributed by atoms with Crippen LogP contribution in [0.5, 0.6) is 0 Å². The van der Waals surface area contributed by atoms with Crippen molar-refractivity contribution in [1.82, 2.24) is 9.13 Å². The van der Waals surface area contributed by atoms with Gasteiger partial charge in [0, 0.05) is 32.9 Å². The van der Waals surface area contributed by atoms with Crippen molar-refractivity contribution in [2.45, 2.75) is 0 Å². The average Bonchev–Trinajstić information content (AvgIpc) is 3.64. The molecule has 14 aromatic carbocycles. The summed E-state index contributed by atoms with van der Waals surface area (Å²) in [7, 11) is 0. The second-order valence-electron chi connectivity index (χ2n) is 22.5. The summed E-state index contributed by atoms with van der Waals surface area (Å²) in [5.41, 5.74) is 28.4. The number of fused-ring (bicyclic) bond motifs is 6. The molecule has 0 N–H and O–H groups in total. The third-order valence-corrected chi connectivity index (χ3v) is 17.3. The molecule has 2 aromatic heterocycles. The van der Waals surface area contributed by atoms with E-state index in [1.54, 1.807) is 0 Å². The topological polar surface area (TPSA) is 9.86 Å². The van der Waals surface area contributed by atoms with Gasteiger partial charge in [-0.3, -0.25) is 0 Å². The van der Waals surface area contributed by atoms with Crippen molar-refractivity contribution >= 4 is 43.6 Å². The molecule has 0 amide bonds. The molecule has 0 saturated carbocycles. The summed E-state index contributed by atoms with van der Waals surface area (Å²) in [6.07, 6.45) is 0. The standard InChI is InChI=1S/C84H56N2/c1-5-19-57(20-6-1)69-49-70(58-21-7-2-8-22-58)52-73(51-69)65-29-17-27-63(47-65)67-39-45-79-77-31-13-15-33-81(77)85(83(79)55-67)75-41-35-61(36-42-75)62-37-43-76(44-38-62)86-82-34-16-14-32-78(82)80-46-40-68(56-84(80)86)64-28-18-30-66(48-64)74-53-71(59-23-9-3-10-24-59)50-72(54-74)60-25-11-4-12-26-60/h1-56H. The van der Waals surface area contributed by atoms with Gasteiger partial charge in [0.05, 0.1) is 22.1 Å². The van der Waals surface area contributed by atoms with Crippen molar-refractivity contribution in [3.05, 3.63) is 340 Å². The second-order valence-corrected chi connectivity index (χ2v) is 22.5. The molecule has 2 heteroatoms. The van der Waals surface area contributed by atoms with Crippen LogP contribution in [-0.2, 0) is 0 Å². The quantitative estimate of drug-likeness (QED) is 0.122. The van der Waals surface area contributed by atoms with Crippen LogP contribution >= 0.6 is 0 Å². The lowest BCUT2D eigenvalue weighted by Crippen LogP contribution is -1.95. The van der Waals surface area contributed by atoms with Crippen molar-refractivity contribution in [2.24, 2.45) is 0 Å². The number of nitrogens with zero attached hydrogens (tertiary/aromatic N) is 2. The highest BCUT2D eigenvalue weighted by Gasteiger charge is 2.18. The molecule has 0 bridgehead atoms. The number of hydrogen-bond acceptors (Lipinski definition) is 0. The molecule has 0 unspecified atom stereocenters. The van der Waals surface area contributed by atoms with Gasteiger partial charge in [-0.15, -0.1) is 0 Å². The largest absolute Gasteiger partial charge is 0.309 e. The van der Waals surface area contributed by atoms with Crippen LogP contribution in [0.4, 0.5) is 0 Å². The van der Waals surface area contributed by atoms with E-state index in [-0.39, 0.29) is 0 Å². The predicted octanol–water partition coefficient (Wildman–Crippen LogP) is 22.9. The van der Waals surface area contributed by atoms with Gasteiger partial charge in [0.15, 0.2) is 0 Å². The Balaban J connectivity index is 0.718. The number of benzene rings is 14. The summed E-state index contributed by atoms with van der Waals surface area (Å²) in [5, 5.41) is 4.94. The SMILES string of the molecule is c1ccc(-c2cc(-c3ccccc3)cc(-c3cccc(-c4ccc5c6ccccc6n(-c6ccc(-c7ccc(-n8c9ccccc9c9ccc(-c%10cccc(-c%11cc(-c%12ccccc%12)cc(-c%12ccccc%12)c%11)c%10)cc98)cc7)cc6)c5c4)c3)c2)cc1. The van der Waals surface area contributed by atoms with Crippen molar-refractivity contribution in [1.29, 1.82) is 0 Å².